The second kappa shape index (κ2) is 11.9. The van der Waals surface area contributed by atoms with Gasteiger partial charge in [0.25, 0.3) is 0 Å². The van der Waals surface area contributed by atoms with Crippen LogP contribution in [0.15, 0.2) is 78.9 Å². The monoisotopic (exact) mass is 551 g/mol. The van der Waals surface area contributed by atoms with Crippen molar-refractivity contribution in [2.75, 3.05) is 31.6 Å². The molecular formula is C29H31F6N3O. The van der Waals surface area contributed by atoms with E-state index in [9.17, 15) is 26.3 Å². The summed E-state index contributed by atoms with van der Waals surface area (Å²) in [5.74, 6) is 0.400. The van der Waals surface area contributed by atoms with Crippen LogP contribution in [0.25, 0.3) is 0 Å². The van der Waals surface area contributed by atoms with Gasteiger partial charge >= 0.3 is 12.4 Å². The Morgan fingerprint density at radius 3 is 1.97 bits per heavy atom. The topological polar surface area (TPSA) is 27.7 Å². The van der Waals surface area contributed by atoms with Crippen LogP contribution in [-0.2, 0) is 6.54 Å². The lowest BCUT2D eigenvalue weighted by atomic mass is 9.96. The predicted octanol–water partition coefficient (Wildman–Crippen LogP) is 6.52. The van der Waals surface area contributed by atoms with Crippen LogP contribution in [0.5, 0.6) is 5.75 Å². The van der Waals surface area contributed by atoms with E-state index in [1.807, 2.05) is 30.3 Å². The molecule has 1 N–H and O–H groups in total. The number of aryl methyl sites for hydroxylation is 1. The number of anilines is 1. The van der Waals surface area contributed by atoms with Crippen LogP contribution in [0.3, 0.4) is 0 Å². The molecule has 1 aliphatic rings. The number of rotatable bonds is 8. The molecule has 0 radical (unpaired) electrons. The van der Waals surface area contributed by atoms with Gasteiger partial charge in [0.05, 0.1) is 13.2 Å². The van der Waals surface area contributed by atoms with Crippen LogP contribution in [0.4, 0.5) is 32.0 Å². The fourth-order valence-corrected chi connectivity index (χ4v) is 5.20. The third-order valence-corrected chi connectivity index (χ3v) is 7.08. The highest BCUT2D eigenvalue weighted by atomic mass is 19.4. The highest BCUT2D eigenvalue weighted by molar-refractivity contribution is 5.56. The third kappa shape index (κ3) is 6.67. The average Bonchev–Trinajstić information content (AvgIpc) is 2.90. The molecule has 1 saturated heterocycles. The second-order valence-electron chi connectivity index (χ2n) is 9.64. The van der Waals surface area contributed by atoms with Crippen molar-refractivity contribution in [3.8, 4) is 5.75 Å². The third-order valence-electron chi connectivity index (χ3n) is 7.08. The van der Waals surface area contributed by atoms with Crippen LogP contribution in [0.2, 0.25) is 0 Å². The van der Waals surface area contributed by atoms with Crippen LogP contribution in [0.1, 0.15) is 22.7 Å². The number of alkyl halides is 6. The molecule has 3 aromatic rings. The SMILES string of the molecule is COc1ccccc1C(CNCc1ccccc1)N1CC(C(F)(F)F)N(c2ccccc2C)C(C(F)(F)F)C1. The van der Waals surface area contributed by atoms with Crippen LogP contribution in [0, 0.1) is 6.92 Å². The van der Waals surface area contributed by atoms with Crippen molar-refractivity contribution in [3.63, 3.8) is 0 Å². The maximum absolute atomic E-state index is 14.6. The predicted molar refractivity (Wildman–Crippen MR) is 139 cm³/mol. The van der Waals surface area contributed by atoms with E-state index in [2.05, 4.69) is 5.32 Å². The molecule has 4 nitrogen and oxygen atoms in total. The van der Waals surface area contributed by atoms with Gasteiger partial charge in [-0.1, -0.05) is 66.7 Å². The van der Waals surface area contributed by atoms with Crippen molar-refractivity contribution in [2.45, 2.75) is 43.9 Å². The van der Waals surface area contributed by atoms with Gasteiger partial charge in [-0.05, 0) is 30.2 Å². The standard InChI is InChI=1S/C29H31F6N3O/c1-20-10-6-8-14-23(20)38-26(28(30,31)32)18-37(19-27(38)29(33,34)35)24(22-13-7-9-15-25(22)39-2)17-36-16-21-11-4-3-5-12-21/h3-15,24,26-27,36H,16-19H2,1-2H3. The number of ether oxygens (including phenoxy) is 1. The molecule has 0 aromatic heterocycles. The Morgan fingerprint density at radius 1 is 0.821 bits per heavy atom. The molecule has 3 aromatic carbocycles. The highest BCUT2D eigenvalue weighted by Crippen LogP contribution is 2.43. The molecule has 0 aliphatic carbocycles. The van der Waals surface area contributed by atoms with E-state index >= 15 is 0 Å². The Balaban J connectivity index is 1.74. The molecule has 210 valence electrons. The number of para-hydroxylation sites is 2. The summed E-state index contributed by atoms with van der Waals surface area (Å²) in [4.78, 5) is 1.81. The second-order valence-corrected chi connectivity index (χ2v) is 9.64. The smallest absolute Gasteiger partial charge is 0.410 e. The zero-order chi connectivity index (χ0) is 28.2. The van der Waals surface area contributed by atoms with Gasteiger partial charge in [0.15, 0.2) is 0 Å². The lowest BCUT2D eigenvalue weighted by molar-refractivity contribution is -0.193. The molecule has 1 heterocycles. The van der Waals surface area contributed by atoms with Crippen molar-refractivity contribution in [1.29, 1.82) is 0 Å². The quantitative estimate of drug-likeness (QED) is 0.323. The van der Waals surface area contributed by atoms with Crippen molar-refractivity contribution >= 4 is 5.69 Å². The van der Waals surface area contributed by atoms with Gasteiger partial charge in [0.2, 0.25) is 0 Å². The fraction of sp³-hybridized carbons (Fsp3) is 0.379. The molecular weight excluding hydrogens is 520 g/mol. The Labute approximate surface area is 224 Å². The number of nitrogens with zero attached hydrogens (tertiary/aromatic N) is 2. The first kappa shape index (κ1) is 28.8. The summed E-state index contributed by atoms with van der Waals surface area (Å²) >= 11 is 0. The summed E-state index contributed by atoms with van der Waals surface area (Å²) < 4.78 is 92.8. The summed E-state index contributed by atoms with van der Waals surface area (Å²) in [6, 6.07) is 16.5. The van der Waals surface area contributed by atoms with E-state index in [4.69, 9.17) is 4.74 Å². The number of halogens is 6. The van der Waals surface area contributed by atoms with Crippen LogP contribution in [-0.4, -0.2) is 56.1 Å². The molecule has 1 fully saturated rings. The first-order chi connectivity index (χ1) is 18.5. The minimum Gasteiger partial charge on any atom is -0.496 e. The van der Waals surface area contributed by atoms with E-state index in [0.29, 0.717) is 28.3 Å². The van der Waals surface area contributed by atoms with Crippen LogP contribution < -0.4 is 15.0 Å². The van der Waals surface area contributed by atoms with Gasteiger partial charge < -0.3 is 15.0 Å². The van der Waals surface area contributed by atoms with Gasteiger partial charge in [-0.25, -0.2) is 0 Å². The minimum absolute atomic E-state index is 0.0714. The molecule has 4 rings (SSSR count). The number of piperazine rings is 1. The normalized spacial score (nSPS) is 19.6. The maximum atomic E-state index is 14.6. The average molecular weight is 552 g/mol. The molecule has 39 heavy (non-hydrogen) atoms. The summed E-state index contributed by atoms with van der Waals surface area (Å²) in [7, 11) is 1.43. The zero-order valence-electron chi connectivity index (χ0n) is 21.6. The summed E-state index contributed by atoms with van der Waals surface area (Å²) in [5.41, 5.74) is 1.74. The number of methoxy groups -OCH3 is 1. The lowest BCUT2D eigenvalue weighted by Crippen LogP contribution is -2.68. The summed E-state index contributed by atoms with van der Waals surface area (Å²) in [5, 5.41) is 3.23. The van der Waals surface area contributed by atoms with Crippen LogP contribution >= 0.6 is 0 Å². The number of hydrogen-bond acceptors (Lipinski definition) is 4. The number of hydrogen-bond donors (Lipinski definition) is 1. The molecule has 1 aliphatic heterocycles. The molecule has 0 amide bonds. The Morgan fingerprint density at radius 2 is 1.38 bits per heavy atom. The van der Waals surface area contributed by atoms with E-state index < -0.39 is 43.6 Å². The Bertz CT molecular complexity index is 1190. The molecule has 0 saturated carbocycles. The van der Waals surface area contributed by atoms with Gasteiger partial charge in [-0.3, -0.25) is 4.90 Å². The molecule has 3 atom stereocenters. The summed E-state index contributed by atoms with van der Waals surface area (Å²) in [6.07, 6.45) is -9.82. The number of nitrogens with one attached hydrogen (secondary N) is 1. The Hall–Kier alpha value is -3.24. The van der Waals surface area contributed by atoms with Gasteiger partial charge in [-0.15, -0.1) is 0 Å². The molecule has 10 heteroatoms. The maximum Gasteiger partial charge on any atom is 0.410 e. The summed E-state index contributed by atoms with van der Waals surface area (Å²) in [6.45, 7) is 0.768. The lowest BCUT2D eigenvalue weighted by Gasteiger charge is -2.51. The fourth-order valence-electron chi connectivity index (χ4n) is 5.20. The van der Waals surface area contributed by atoms with Gasteiger partial charge in [0, 0.05) is 37.4 Å². The van der Waals surface area contributed by atoms with Gasteiger partial charge in [-0.2, -0.15) is 26.3 Å². The first-order valence-corrected chi connectivity index (χ1v) is 12.6. The molecule has 3 unspecified atom stereocenters. The minimum atomic E-state index is -4.91. The first-order valence-electron chi connectivity index (χ1n) is 12.6. The van der Waals surface area contributed by atoms with Gasteiger partial charge in [0.1, 0.15) is 17.8 Å². The van der Waals surface area contributed by atoms with E-state index in [-0.39, 0.29) is 12.2 Å². The largest absolute Gasteiger partial charge is 0.496 e. The van der Waals surface area contributed by atoms with Crippen molar-refractivity contribution < 1.29 is 31.1 Å². The van der Waals surface area contributed by atoms with Crippen molar-refractivity contribution in [2.24, 2.45) is 0 Å². The van der Waals surface area contributed by atoms with E-state index in [1.165, 1.54) is 37.1 Å². The zero-order valence-corrected chi connectivity index (χ0v) is 21.6. The molecule has 0 spiro atoms. The molecule has 0 bridgehead atoms. The Kier molecular flexibility index (Phi) is 8.76. The number of benzene rings is 3. The van der Waals surface area contributed by atoms with E-state index in [0.717, 1.165) is 5.56 Å². The highest BCUT2D eigenvalue weighted by Gasteiger charge is 2.57. The van der Waals surface area contributed by atoms with Crippen molar-refractivity contribution in [3.05, 3.63) is 95.6 Å². The van der Waals surface area contributed by atoms with Crippen molar-refractivity contribution in [1.82, 2.24) is 10.2 Å². The van der Waals surface area contributed by atoms with E-state index in [1.54, 1.807) is 30.3 Å².